The molecule has 0 aliphatic heterocycles. The molecule has 128 valence electrons. The van der Waals surface area contributed by atoms with Crippen molar-refractivity contribution in [3.8, 4) is 5.75 Å². The molecule has 25 heavy (non-hydrogen) atoms. The van der Waals surface area contributed by atoms with Gasteiger partial charge in [0.05, 0.1) is 5.02 Å². The Balaban J connectivity index is 1.65. The number of anilines is 1. The topological polar surface area (TPSA) is 51.5 Å². The van der Waals surface area contributed by atoms with Crippen molar-refractivity contribution in [1.82, 2.24) is 0 Å². The molecule has 0 unspecified atom stereocenters. The first kappa shape index (κ1) is 17.1. The van der Waals surface area contributed by atoms with Crippen LogP contribution in [0.3, 0.4) is 0 Å². The first-order valence-electron chi connectivity index (χ1n) is 7.88. The van der Waals surface area contributed by atoms with Gasteiger partial charge in [-0.05, 0) is 55.3 Å². The third kappa shape index (κ3) is 4.03. The number of halogens is 1. The number of ether oxygens (including phenoxy) is 1. The van der Waals surface area contributed by atoms with Crippen molar-refractivity contribution in [2.24, 2.45) is 0 Å². The van der Waals surface area contributed by atoms with Crippen molar-refractivity contribution < 1.29 is 13.9 Å². The van der Waals surface area contributed by atoms with E-state index in [4.69, 9.17) is 20.8 Å². The summed E-state index contributed by atoms with van der Waals surface area (Å²) in [6.07, 6.45) is 0. The van der Waals surface area contributed by atoms with Crippen molar-refractivity contribution in [3.05, 3.63) is 82.3 Å². The summed E-state index contributed by atoms with van der Waals surface area (Å²) < 4.78 is 11.2. The maximum Gasteiger partial charge on any atom is 0.291 e. The second-order valence-corrected chi connectivity index (χ2v) is 6.09. The van der Waals surface area contributed by atoms with E-state index in [1.165, 1.54) is 0 Å². The first-order valence-corrected chi connectivity index (χ1v) is 8.26. The highest BCUT2D eigenvalue weighted by Gasteiger charge is 2.13. The molecular weight excluding hydrogens is 338 g/mol. The van der Waals surface area contributed by atoms with Gasteiger partial charge in [0.15, 0.2) is 5.76 Å². The minimum absolute atomic E-state index is 0.195. The van der Waals surface area contributed by atoms with E-state index in [1.807, 2.05) is 44.2 Å². The highest BCUT2D eigenvalue weighted by atomic mass is 35.5. The summed E-state index contributed by atoms with van der Waals surface area (Å²) in [5.74, 6) is 1.06. The van der Waals surface area contributed by atoms with Crippen LogP contribution in [0.4, 0.5) is 5.69 Å². The van der Waals surface area contributed by atoms with Crippen LogP contribution in [-0.4, -0.2) is 5.91 Å². The molecule has 1 heterocycles. The van der Waals surface area contributed by atoms with Gasteiger partial charge in [0, 0.05) is 5.69 Å². The highest BCUT2D eigenvalue weighted by Crippen LogP contribution is 2.24. The van der Waals surface area contributed by atoms with Crippen LogP contribution in [0.2, 0.25) is 5.02 Å². The molecule has 0 fully saturated rings. The summed E-state index contributed by atoms with van der Waals surface area (Å²) in [4.78, 5) is 12.4. The molecule has 3 aromatic rings. The van der Waals surface area contributed by atoms with Crippen LogP contribution in [0, 0.1) is 13.8 Å². The first-order chi connectivity index (χ1) is 12.0. The number of rotatable bonds is 5. The van der Waals surface area contributed by atoms with Crippen LogP contribution < -0.4 is 10.1 Å². The van der Waals surface area contributed by atoms with Gasteiger partial charge in [-0.15, -0.1) is 0 Å². The second kappa shape index (κ2) is 7.45. The number of carbonyl (C=O) groups excluding carboxylic acids is 1. The van der Waals surface area contributed by atoms with Gasteiger partial charge >= 0.3 is 0 Å². The van der Waals surface area contributed by atoms with Crippen molar-refractivity contribution in [2.75, 3.05) is 5.32 Å². The molecule has 5 heteroatoms. The van der Waals surface area contributed by atoms with E-state index in [0.717, 1.165) is 16.8 Å². The lowest BCUT2D eigenvalue weighted by atomic mass is 10.1. The lowest BCUT2D eigenvalue weighted by Crippen LogP contribution is -2.12. The third-order valence-corrected chi connectivity index (χ3v) is 4.26. The second-order valence-electron chi connectivity index (χ2n) is 5.69. The fraction of sp³-hybridized carbons (Fsp3) is 0.150. The molecule has 0 bridgehead atoms. The van der Waals surface area contributed by atoms with Gasteiger partial charge in [0.25, 0.3) is 5.91 Å². The van der Waals surface area contributed by atoms with Crippen molar-refractivity contribution in [3.63, 3.8) is 0 Å². The zero-order valence-electron chi connectivity index (χ0n) is 14.0. The molecule has 0 saturated heterocycles. The molecule has 0 aliphatic rings. The quantitative estimate of drug-likeness (QED) is 0.668. The zero-order valence-corrected chi connectivity index (χ0v) is 14.8. The third-order valence-electron chi connectivity index (χ3n) is 3.94. The molecule has 1 aromatic heterocycles. The predicted molar refractivity (Wildman–Crippen MR) is 98.4 cm³/mol. The molecule has 0 saturated carbocycles. The lowest BCUT2D eigenvalue weighted by Gasteiger charge is -2.09. The number of carbonyl (C=O) groups is 1. The summed E-state index contributed by atoms with van der Waals surface area (Å²) >= 11 is 6.04. The van der Waals surface area contributed by atoms with Gasteiger partial charge in [-0.2, -0.15) is 0 Å². The average molecular weight is 356 g/mol. The molecule has 0 aliphatic carbocycles. The number of aryl methyl sites for hydroxylation is 1. The molecule has 0 radical (unpaired) electrons. The molecule has 0 atom stereocenters. The average Bonchev–Trinajstić information content (AvgIpc) is 3.07. The molecule has 1 N–H and O–H groups in total. The lowest BCUT2D eigenvalue weighted by molar-refractivity contribution is 0.0992. The summed E-state index contributed by atoms with van der Waals surface area (Å²) in [6, 6.07) is 16.3. The Morgan fingerprint density at radius 2 is 1.88 bits per heavy atom. The number of furan rings is 1. The van der Waals surface area contributed by atoms with Crippen LogP contribution in [0.25, 0.3) is 0 Å². The van der Waals surface area contributed by atoms with E-state index in [1.54, 1.807) is 24.3 Å². The molecule has 4 nitrogen and oxygen atoms in total. The van der Waals surface area contributed by atoms with E-state index in [-0.39, 0.29) is 18.3 Å². The number of hydrogen-bond acceptors (Lipinski definition) is 3. The number of benzene rings is 2. The smallest absolute Gasteiger partial charge is 0.291 e. The molecule has 0 spiro atoms. The number of amides is 1. The van der Waals surface area contributed by atoms with E-state index in [0.29, 0.717) is 16.5 Å². The predicted octanol–water partition coefficient (Wildman–Crippen LogP) is 5.38. The molecule has 2 aromatic carbocycles. The van der Waals surface area contributed by atoms with E-state index >= 15 is 0 Å². The molecule has 1 amide bonds. The molecule has 3 rings (SSSR count). The minimum atomic E-state index is -0.294. The van der Waals surface area contributed by atoms with E-state index < -0.39 is 0 Å². The van der Waals surface area contributed by atoms with Gasteiger partial charge in [-0.3, -0.25) is 4.79 Å². The number of para-hydroxylation sites is 1. The summed E-state index contributed by atoms with van der Waals surface area (Å²) in [5, 5.41) is 3.40. The maximum absolute atomic E-state index is 12.4. The van der Waals surface area contributed by atoms with Crippen LogP contribution in [0.15, 0.2) is 59.0 Å². The minimum Gasteiger partial charge on any atom is -0.484 e. The maximum atomic E-state index is 12.4. The highest BCUT2D eigenvalue weighted by molar-refractivity contribution is 6.32. The van der Waals surface area contributed by atoms with Crippen LogP contribution >= 0.6 is 11.6 Å². The Kier molecular flexibility index (Phi) is 5.10. The van der Waals surface area contributed by atoms with E-state index in [2.05, 4.69) is 5.32 Å². The normalized spacial score (nSPS) is 10.5. The standard InChI is InChI=1S/C20H18ClNO3/c1-13-6-5-8-17(14(13)2)22-20(23)19-11-10-15(25-19)12-24-18-9-4-3-7-16(18)21/h3-11H,12H2,1-2H3,(H,22,23). The van der Waals surface area contributed by atoms with Gasteiger partial charge < -0.3 is 14.5 Å². The Bertz CT molecular complexity index is 901. The van der Waals surface area contributed by atoms with Gasteiger partial charge in [0.1, 0.15) is 18.1 Å². The van der Waals surface area contributed by atoms with Crippen LogP contribution in [0.1, 0.15) is 27.4 Å². The Morgan fingerprint density at radius 1 is 1.08 bits per heavy atom. The number of hydrogen-bond donors (Lipinski definition) is 1. The molecular formula is C20H18ClNO3. The summed E-state index contributed by atoms with van der Waals surface area (Å²) in [5.41, 5.74) is 2.92. The zero-order chi connectivity index (χ0) is 17.8. The largest absolute Gasteiger partial charge is 0.484 e. The Hall–Kier alpha value is -2.72. The summed E-state index contributed by atoms with van der Waals surface area (Å²) in [6.45, 7) is 4.17. The fourth-order valence-electron chi connectivity index (χ4n) is 2.36. The van der Waals surface area contributed by atoms with Crippen LogP contribution in [-0.2, 0) is 6.61 Å². The van der Waals surface area contributed by atoms with Gasteiger partial charge in [0.2, 0.25) is 0 Å². The Labute approximate surface area is 151 Å². The van der Waals surface area contributed by atoms with Gasteiger partial charge in [-0.25, -0.2) is 0 Å². The monoisotopic (exact) mass is 355 g/mol. The Morgan fingerprint density at radius 3 is 2.68 bits per heavy atom. The SMILES string of the molecule is Cc1cccc(NC(=O)c2ccc(COc3ccccc3Cl)o2)c1C. The van der Waals surface area contributed by atoms with Crippen molar-refractivity contribution in [2.45, 2.75) is 20.5 Å². The summed E-state index contributed by atoms with van der Waals surface area (Å²) in [7, 11) is 0. The van der Waals surface area contributed by atoms with Crippen LogP contribution in [0.5, 0.6) is 5.75 Å². The number of nitrogens with one attached hydrogen (secondary N) is 1. The van der Waals surface area contributed by atoms with Crippen molar-refractivity contribution in [1.29, 1.82) is 0 Å². The van der Waals surface area contributed by atoms with E-state index in [9.17, 15) is 4.79 Å². The fourth-order valence-corrected chi connectivity index (χ4v) is 2.55. The van der Waals surface area contributed by atoms with Crippen molar-refractivity contribution >= 4 is 23.2 Å². The van der Waals surface area contributed by atoms with Gasteiger partial charge in [-0.1, -0.05) is 35.9 Å².